The van der Waals surface area contributed by atoms with Gasteiger partial charge < -0.3 is 21.2 Å². The lowest BCUT2D eigenvalue weighted by atomic mass is 9.86. The molecule has 7 heteroatoms. The average Bonchev–Trinajstić information content (AvgIpc) is 2.88. The smallest absolute Gasteiger partial charge is 0.220 e. The Morgan fingerprint density at radius 2 is 1.91 bits per heavy atom. The summed E-state index contributed by atoms with van der Waals surface area (Å²) in [5.41, 5.74) is 8.12. The van der Waals surface area contributed by atoms with E-state index in [1.54, 1.807) is 6.92 Å². The molecule has 1 atom stereocenters. The molecule has 1 aliphatic rings. The van der Waals surface area contributed by atoms with Crippen LogP contribution in [0.4, 0.5) is 5.69 Å². The summed E-state index contributed by atoms with van der Waals surface area (Å²) < 4.78 is 0. The number of anilines is 1. The van der Waals surface area contributed by atoms with Crippen LogP contribution >= 0.6 is 0 Å². The number of nitrogens with two attached hydrogens (primary N) is 1. The SMILES string of the molecule is CNc1cccc(C(C)=C(C#N)C#N)c1.NCCCCC(C=O)NC(=O)CCC1CCCCC1. The summed E-state index contributed by atoms with van der Waals surface area (Å²) in [6.45, 7) is 2.41. The lowest BCUT2D eigenvalue weighted by Crippen LogP contribution is -2.36. The molecule has 1 unspecified atom stereocenters. The van der Waals surface area contributed by atoms with E-state index in [0.717, 1.165) is 36.8 Å². The van der Waals surface area contributed by atoms with Crippen LogP contribution in [0.5, 0.6) is 0 Å². The summed E-state index contributed by atoms with van der Waals surface area (Å²) in [4.78, 5) is 22.7. The fourth-order valence-electron chi connectivity index (χ4n) is 4.02. The quantitative estimate of drug-likeness (QED) is 0.246. The lowest BCUT2D eigenvalue weighted by molar-refractivity contribution is -0.124. The Kier molecular flexibility index (Phi) is 14.7. The Morgan fingerprint density at radius 1 is 1.21 bits per heavy atom. The third kappa shape index (κ3) is 11.1. The van der Waals surface area contributed by atoms with Crippen LogP contribution in [0.3, 0.4) is 0 Å². The van der Waals surface area contributed by atoms with Crippen LogP contribution in [-0.4, -0.2) is 31.8 Å². The second kappa shape index (κ2) is 17.3. The first kappa shape index (κ1) is 28.9. The van der Waals surface area contributed by atoms with E-state index in [4.69, 9.17) is 16.3 Å². The van der Waals surface area contributed by atoms with Crippen molar-refractivity contribution in [1.29, 1.82) is 10.5 Å². The van der Waals surface area contributed by atoms with Gasteiger partial charge in [0, 0.05) is 19.2 Å². The Hall–Kier alpha value is -3.16. The lowest BCUT2D eigenvalue weighted by Gasteiger charge is -2.21. The molecular weight excluding hydrogens is 426 g/mol. The van der Waals surface area contributed by atoms with Gasteiger partial charge in [-0.2, -0.15) is 10.5 Å². The summed E-state index contributed by atoms with van der Waals surface area (Å²) in [5, 5.41) is 23.3. The van der Waals surface area contributed by atoms with Crippen LogP contribution in [0.1, 0.15) is 76.7 Å². The third-order valence-corrected chi connectivity index (χ3v) is 6.17. The second-order valence-corrected chi connectivity index (χ2v) is 8.69. The molecule has 4 N–H and O–H groups in total. The van der Waals surface area contributed by atoms with Gasteiger partial charge in [-0.05, 0) is 68.3 Å². The average molecular weight is 466 g/mol. The number of allylic oxidation sites excluding steroid dienone is 2. The molecule has 1 aromatic carbocycles. The number of rotatable bonds is 11. The fraction of sp³-hybridized carbons (Fsp3) is 0.556. The van der Waals surface area contributed by atoms with Crippen molar-refractivity contribution in [3.8, 4) is 12.1 Å². The minimum atomic E-state index is -0.328. The minimum absolute atomic E-state index is 0.0235. The van der Waals surface area contributed by atoms with Gasteiger partial charge in [-0.15, -0.1) is 0 Å². The molecule has 34 heavy (non-hydrogen) atoms. The molecule has 0 spiro atoms. The first-order valence-corrected chi connectivity index (χ1v) is 12.2. The van der Waals surface area contributed by atoms with Crippen molar-refractivity contribution in [3.63, 3.8) is 0 Å². The van der Waals surface area contributed by atoms with Gasteiger partial charge in [0.05, 0.1) is 6.04 Å². The number of amides is 1. The third-order valence-electron chi connectivity index (χ3n) is 6.17. The predicted octanol–water partition coefficient (Wildman–Crippen LogP) is 4.71. The van der Waals surface area contributed by atoms with E-state index < -0.39 is 0 Å². The summed E-state index contributed by atoms with van der Waals surface area (Å²) in [5.74, 6) is 0.738. The van der Waals surface area contributed by atoms with Gasteiger partial charge >= 0.3 is 0 Å². The molecule has 0 heterocycles. The molecule has 0 radical (unpaired) electrons. The number of carbonyl (C=O) groups is 2. The van der Waals surface area contributed by atoms with E-state index in [9.17, 15) is 9.59 Å². The minimum Gasteiger partial charge on any atom is -0.388 e. The van der Waals surface area contributed by atoms with Gasteiger partial charge in [0.1, 0.15) is 24.0 Å². The van der Waals surface area contributed by atoms with Crippen molar-refractivity contribution >= 4 is 23.5 Å². The first-order chi connectivity index (χ1) is 16.5. The van der Waals surface area contributed by atoms with Crippen LogP contribution in [0.2, 0.25) is 0 Å². The number of aldehydes is 1. The molecule has 2 rings (SSSR count). The van der Waals surface area contributed by atoms with Crippen molar-refractivity contribution in [2.45, 2.75) is 77.2 Å². The highest BCUT2D eigenvalue weighted by molar-refractivity contribution is 5.79. The van der Waals surface area contributed by atoms with E-state index in [1.807, 2.05) is 43.5 Å². The molecule has 1 amide bonds. The maximum absolute atomic E-state index is 11.8. The topological polar surface area (TPSA) is 132 Å². The van der Waals surface area contributed by atoms with E-state index in [1.165, 1.54) is 32.1 Å². The second-order valence-electron chi connectivity index (χ2n) is 8.69. The number of unbranched alkanes of at least 4 members (excludes halogenated alkanes) is 1. The largest absolute Gasteiger partial charge is 0.388 e. The molecule has 184 valence electrons. The van der Waals surface area contributed by atoms with Gasteiger partial charge in [0.15, 0.2) is 0 Å². The molecule has 1 fully saturated rings. The standard InChI is InChI=1S/C15H28N2O2.C12H11N3/c16-11-5-4-8-14(12-18)17-15(19)10-9-13-6-2-1-3-7-13;1-9(11(7-13)8-14)10-4-3-5-12(6-10)15-2/h12-14H,1-11,16H2,(H,17,19);3-6,15H,1-2H3. The zero-order valence-electron chi connectivity index (χ0n) is 20.6. The Balaban J connectivity index is 0.000000350. The maximum Gasteiger partial charge on any atom is 0.220 e. The first-order valence-electron chi connectivity index (χ1n) is 12.2. The van der Waals surface area contributed by atoms with Crippen LogP contribution in [-0.2, 0) is 9.59 Å². The van der Waals surface area contributed by atoms with Crippen LogP contribution in [0.25, 0.3) is 5.57 Å². The molecule has 1 aliphatic carbocycles. The normalized spacial score (nSPS) is 13.8. The highest BCUT2D eigenvalue weighted by atomic mass is 16.2. The summed E-state index contributed by atoms with van der Waals surface area (Å²) in [6, 6.07) is 11.0. The molecule has 1 aromatic rings. The molecule has 0 aliphatic heterocycles. The molecule has 0 bridgehead atoms. The van der Waals surface area contributed by atoms with Crippen molar-refractivity contribution in [1.82, 2.24) is 5.32 Å². The summed E-state index contributed by atoms with van der Waals surface area (Å²) in [6.07, 6.45) is 11.4. The van der Waals surface area contributed by atoms with Gasteiger partial charge in [-0.3, -0.25) is 4.79 Å². The molecule has 0 saturated heterocycles. The van der Waals surface area contributed by atoms with E-state index in [0.29, 0.717) is 30.9 Å². The number of benzene rings is 1. The van der Waals surface area contributed by atoms with Crippen molar-refractivity contribution in [3.05, 3.63) is 35.4 Å². The maximum atomic E-state index is 11.8. The van der Waals surface area contributed by atoms with Crippen LogP contribution in [0.15, 0.2) is 29.8 Å². The molecular formula is C27H39N5O2. The van der Waals surface area contributed by atoms with Crippen molar-refractivity contribution in [2.24, 2.45) is 11.7 Å². The number of hydrogen-bond acceptors (Lipinski definition) is 6. The highest BCUT2D eigenvalue weighted by Crippen LogP contribution is 2.27. The number of nitrogens with zero attached hydrogens (tertiary/aromatic N) is 2. The predicted molar refractivity (Wildman–Crippen MR) is 137 cm³/mol. The summed E-state index contributed by atoms with van der Waals surface area (Å²) in [7, 11) is 1.83. The van der Waals surface area contributed by atoms with E-state index in [2.05, 4.69) is 10.6 Å². The molecule has 7 nitrogen and oxygen atoms in total. The van der Waals surface area contributed by atoms with Crippen LogP contribution < -0.4 is 16.4 Å². The monoisotopic (exact) mass is 465 g/mol. The van der Waals surface area contributed by atoms with Gasteiger partial charge in [0.25, 0.3) is 0 Å². The van der Waals surface area contributed by atoms with Crippen molar-refractivity contribution in [2.75, 3.05) is 18.9 Å². The number of nitriles is 2. The van der Waals surface area contributed by atoms with Crippen molar-refractivity contribution < 1.29 is 9.59 Å². The van der Waals surface area contributed by atoms with Crippen LogP contribution in [0, 0.1) is 28.6 Å². The molecule has 1 saturated carbocycles. The molecule has 0 aromatic heterocycles. The fourth-order valence-corrected chi connectivity index (χ4v) is 4.02. The van der Waals surface area contributed by atoms with Gasteiger partial charge in [-0.25, -0.2) is 0 Å². The van der Waals surface area contributed by atoms with Gasteiger partial charge in [0.2, 0.25) is 5.91 Å². The number of nitrogens with one attached hydrogen (secondary N) is 2. The Morgan fingerprint density at radius 3 is 2.50 bits per heavy atom. The van der Waals surface area contributed by atoms with E-state index >= 15 is 0 Å². The zero-order chi connectivity index (χ0) is 25.2. The number of hydrogen-bond donors (Lipinski definition) is 3. The Bertz CT molecular complexity index is 860. The summed E-state index contributed by atoms with van der Waals surface area (Å²) >= 11 is 0. The van der Waals surface area contributed by atoms with Gasteiger partial charge in [-0.1, -0.05) is 44.2 Å². The van der Waals surface area contributed by atoms with E-state index in [-0.39, 0.29) is 17.5 Å². The highest BCUT2D eigenvalue weighted by Gasteiger charge is 2.16. The zero-order valence-corrected chi connectivity index (χ0v) is 20.6. The Labute approximate surface area is 204 Å². The number of carbonyl (C=O) groups excluding carboxylic acids is 2.